The van der Waals surface area contributed by atoms with Gasteiger partial charge < -0.3 is 10.2 Å². The third kappa shape index (κ3) is 2.44. The molecule has 3 aliphatic rings. The van der Waals surface area contributed by atoms with Crippen molar-refractivity contribution in [3.8, 4) is 0 Å². The van der Waals surface area contributed by atoms with Crippen LogP contribution >= 0.6 is 0 Å². The molecular formula is C28H26O2. The molecule has 0 heterocycles. The van der Waals surface area contributed by atoms with Crippen LogP contribution in [0.25, 0.3) is 21.5 Å². The molecule has 2 nitrogen and oxygen atoms in total. The van der Waals surface area contributed by atoms with Gasteiger partial charge in [-0.3, -0.25) is 0 Å². The van der Waals surface area contributed by atoms with Crippen LogP contribution in [0, 0.1) is 11.8 Å². The highest BCUT2D eigenvalue weighted by atomic mass is 16.3. The first-order valence-corrected chi connectivity index (χ1v) is 11.0. The van der Waals surface area contributed by atoms with E-state index in [0.717, 1.165) is 45.5 Å². The van der Waals surface area contributed by atoms with Crippen molar-refractivity contribution >= 4 is 21.5 Å². The SMILES string of the molecule is O[C@@]1(c2cccc3ccccc23)C[C@@H]2CC[C@H]1C[C@@]2(O)c1cccc2ccccc12. The topological polar surface area (TPSA) is 40.5 Å². The molecule has 0 saturated heterocycles. The second-order valence-electron chi connectivity index (χ2n) is 9.28. The lowest BCUT2D eigenvalue weighted by Gasteiger charge is -2.56. The van der Waals surface area contributed by atoms with E-state index in [1.54, 1.807) is 0 Å². The maximum Gasteiger partial charge on any atom is 0.0935 e. The van der Waals surface area contributed by atoms with Crippen molar-refractivity contribution in [2.24, 2.45) is 11.8 Å². The van der Waals surface area contributed by atoms with Crippen molar-refractivity contribution in [2.75, 3.05) is 0 Å². The average molecular weight is 395 g/mol. The van der Waals surface area contributed by atoms with E-state index in [2.05, 4.69) is 60.7 Å². The van der Waals surface area contributed by atoms with Gasteiger partial charge in [-0.25, -0.2) is 0 Å². The summed E-state index contributed by atoms with van der Waals surface area (Å²) < 4.78 is 0. The minimum absolute atomic E-state index is 0.0391. The molecule has 3 aliphatic carbocycles. The van der Waals surface area contributed by atoms with E-state index in [0.29, 0.717) is 12.8 Å². The summed E-state index contributed by atoms with van der Waals surface area (Å²) in [6.45, 7) is 0. The third-order valence-electron chi connectivity index (χ3n) is 7.84. The minimum atomic E-state index is -0.888. The zero-order valence-corrected chi connectivity index (χ0v) is 17.0. The van der Waals surface area contributed by atoms with Crippen molar-refractivity contribution in [3.05, 3.63) is 96.1 Å². The Morgan fingerprint density at radius 3 is 1.37 bits per heavy atom. The average Bonchev–Trinajstić information content (AvgIpc) is 2.79. The molecule has 2 N–H and O–H groups in total. The fraction of sp³-hybridized carbons (Fsp3) is 0.286. The van der Waals surface area contributed by atoms with E-state index in [-0.39, 0.29) is 11.8 Å². The zero-order chi connectivity index (χ0) is 20.3. The Kier molecular flexibility index (Phi) is 3.87. The minimum Gasteiger partial charge on any atom is -0.385 e. The van der Waals surface area contributed by atoms with E-state index in [1.165, 1.54) is 0 Å². The predicted octanol–water partition coefficient (Wildman–Crippen LogP) is 5.89. The highest BCUT2D eigenvalue weighted by Gasteiger charge is 2.58. The molecule has 2 bridgehead atoms. The smallest absolute Gasteiger partial charge is 0.0935 e. The van der Waals surface area contributed by atoms with Crippen LogP contribution in [0.4, 0.5) is 0 Å². The second-order valence-corrected chi connectivity index (χ2v) is 9.28. The molecule has 0 aromatic heterocycles. The summed E-state index contributed by atoms with van der Waals surface area (Å²) in [6, 6.07) is 29.1. The van der Waals surface area contributed by atoms with E-state index in [1.807, 2.05) is 24.3 Å². The van der Waals surface area contributed by atoms with Crippen molar-refractivity contribution < 1.29 is 10.2 Å². The first kappa shape index (κ1) is 18.1. The third-order valence-corrected chi connectivity index (χ3v) is 7.84. The van der Waals surface area contributed by atoms with Crippen LogP contribution in [-0.2, 0) is 11.2 Å². The molecular weight excluding hydrogens is 368 g/mol. The number of fused-ring (bicyclic) bond motifs is 5. The summed E-state index contributed by atoms with van der Waals surface area (Å²) >= 11 is 0. The number of aliphatic hydroxyl groups is 2. The maximum absolute atomic E-state index is 12.0. The lowest BCUT2D eigenvalue weighted by molar-refractivity contribution is -0.196. The molecule has 0 spiro atoms. The fourth-order valence-corrected chi connectivity index (χ4v) is 6.37. The van der Waals surface area contributed by atoms with Gasteiger partial charge in [0.2, 0.25) is 0 Å². The highest BCUT2D eigenvalue weighted by Crippen LogP contribution is 2.60. The molecule has 0 unspecified atom stereocenters. The number of rotatable bonds is 2. The first-order valence-electron chi connectivity index (χ1n) is 11.0. The van der Waals surface area contributed by atoms with Crippen LogP contribution in [0.1, 0.15) is 36.8 Å². The molecule has 30 heavy (non-hydrogen) atoms. The summed E-state index contributed by atoms with van der Waals surface area (Å²) in [5.41, 5.74) is 0.270. The molecule has 3 fully saturated rings. The quantitative estimate of drug-likeness (QED) is 0.445. The molecule has 150 valence electrons. The van der Waals surface area contributed by atoms with Gasteiger partial charge in [-0.1, -0.05) is 84.9 Å². The number of benzene rings is 4. The van der Waals surface area contributed by atoms with Gasteiger partial charge in [0, 0.05) is 0 Å². The van der Waals surface area contributed by atoms with Crippen LogP contribution in [0.5, 0.6) is 0 Å². The van der Waals surface area contributed by atoms with Crippen LogP contribution in [0.3, 0.4) is 0 Å². The van der Waals surface area contributed by atoms with Crippen LogP contribution < -0.4 is 0 Å². The zero-order valence-electron chi connectivity index (χ0n) is 17.0. The molecule has 0 amide bonds. The number of hydrogen-bond acceptors (Lipinski definition) is 2. The lowest BCUT2D eigenvalue weighted by atomic mass is 9.52. The van der Waals surface area contributed by atoms with E-state index < -0.39 is 11.2 Å². The molecule has 2 heteroatoms. The van der Waals surface area contributed by atoms with E-state index in [9.17, 15) is 10.2 Å². The van der Waals surface area contributed by atoms with Crippen molar-refractivity contribution in [2.45, 2.75) is 36.9 Å². The monoisotopic (exact) mass is 394 g/mol. The van der Waals surface area contributed by atoms with Crippen molar-refractivity contribution in [1.82, 2.24) is 0 Å². The largest absolute Gasteiger partial charge is 0.385 e. The normalized spacial score (nSPS) is 30.7. The van der Waals surface area contributed by atoms with Crippen molar-refractivity contribution in [3.63, 3.8) is 0 Å². The first-order chi connectivity index (χ1) is 14.6. The molecule has 3 saturated carbocycles. The highest BCUT2D eigenvalue weighted by molar-refractivity contribution is 5.87. The molecule has 4 aromatic carbocycles. The molecule has 4 aromatic rings. The Morgan fingerprint density at radius 2 is 0.933 bits per heavy atom. The Morgan fingerprint density at radius 1 is 0.533 bits per heavy atom. The molecule has 0 aliphatic heterocycles. The van der Waals surface area contributed by atoms with Crippen LogP contribution in [-0.4, -0.2) is 10.2 Å². The Hall–Kier alpha value is -2.68. The Bertz CT molecular complexity index is 1150. The summed E-state index contributed by atoms with van der Waals surface area (Å²) in [7, 11) is 0. The van der Waals surface area contributed by atoms with Gasteiger partial charge in [-0.2, -0.15) is 0 Å². The van der Waals surface area contributed by atoms with Gasteiger partial charge in [-0.05, 0) is 70.2 Å². The summed E-state index contributed by atoms with van der Waals surface area (Å²) in [6.07, 6.45) is 3.12. The predicted molar refractivity (Wildman–Crippen MR) is 121 cm³/mol. The molecule has 7 rings (SSSR count). The molecule has 4 atom stereocenters. The summed E-state index contributed by atoms with van der Waals surface area (Å²) in [5.74, 6) is 0.0783. The van der Waals surface area contributed by atoms with Gasteiger partial charge in [0.15, 0.2) is 0 Å². The summed E-state index contributed by atoms with van der Waals surface area (Å²) in [5, 5.41) is 28.6. The van der Waals surface area contributed by atoms with Crippen LogP contribution in [0.15, 0.2) is 84.9 Å². The Balaban J connectivity index is 1.46. The Labute approximate surface area is 176 Å². The van der Waals surface area contributed by atoms with E-state index >= 15 is 0 Å². The van der Waals surface area contributed by atoms with Gasteiger partial charge in [0.25, 0.3) is 0 Å². The van der Waals surface area contributed by atoms with Crippen LogP contribution in [0.2, 0.25) is 0 Å². The van der Waals surface area contributed by atoms with E-state index in [4.69, 9.17) is 0 Å². The number of hydrogen-bond donors (Lipinski definition) is 2. The summed E-state index contributed by atoms with van der Waals surface area (Å²) in [4.78, 5) is 0. The van der Waals surface area contributed by atoms with Gasteiger partial charge in [-0.15, -0.1) is 0 Å². The standard InChI is InChI=1S/C28H26O2/c29-27(25-13-5-9-19-7-1-3-11-23(19)25)17-22-16-15-21(27)18-28(22,30)26-14-6-10-20-8-2-4-12-24(20)26/h1-14,21-22,29-30H,15-18H2/t21-,22-,27-,28-/m0/s1. The fourth-order valence-electron chi connectivity index (χ4n) is 6.37. The van der Waals surface area contributed by atoms with Gasteiger partial charge >= 0.3 is 0 Å². The maximum atomic E-state index is 12.0. The lowest BCUT2D eigenvalue weighted by Crippen LogP contribution is -2.55. The molecule has 0 radical (unpaired) electrons. The second kappa shape index (κ2) is 6.41. The van der Waals surface area contributed by atoms with Crippen molar-refractivity contribution in [1.29, 1.82) is 0 Å². The van der Waals surface area contributed by atoms with Gasteiger partial charge in [0.1, 0.15) is 0 Å². The van der Waals surface area contributed by atoms with Gasteiger partial charge in [0.05, 0.1) is 11.2 Å².